The summed E-state index contributed by atoms with van der Waals surface area (Å²) in [5, 5.41) is 12.2. The van der Waals surface area contributed by atoms with Crippen molar-refractivity contribution >= 4 is 51.8 Å². The van der Waals surface area contributed by atoms with Crippen LogP contribution in [0.4, 0.5) is 0 Å². The molecule has 1 N–H and O–H groups in total. The Hall–Kier alpha value is -3.51. The van der Waals surface area contributed by atoms with Gasteiger partial charge in [-0.1, -0.05) is 71.1 Å². The van der Waals surface area contributed by atoms with E-state index in [1.54, 1.807) is 27.9 Å². The van der Waals surface area contributed by atoms with Crippen molar-refractivity contribution < 1.29 is 75.9 Å². The number of allylic oxidation sites excluding steroid dienone is 6. The number of Topliss-reactive ketones (excluding diaryl/α,β-unsaturated/α-hetero) is 3. The zero-order chi connectivity index (χ0) is 62.0. The Morgan fingerprint density at radius 3 is 2.07 bits per heavy atom. The molecular formula is C64H105NO16Si2. The first-order valence-corrected chi connectivity index (χ1v) is 37.5. The lowest BCUT2D eigenvalue weighted by Gasteiger charge is -2.43. The van der Waals surface area contributed by atoms with E-state index in [-0.39, 0.29) is 61.9 Å². The van der Waals surface area contributed by atoms with Gasteiger partial charge in [0.2, 0.25) is 5.79 Å². The summed E-state index contributed by atoms with van der Waals surface area (Å²) in [6, 6.07) is -1.17. The number of fused-ring (bicyclic) bond motifs is 3. The molecule has 4 aliphatic heterocycles. The number of rotatable bonds is 11. The maximum absolute atomic E-state index is 14.9. The molecule has 15 atom stereocenters. The SMILES string of the molecule is CO[C@H]1C[C@@H]2CC[C@@H](C)[C@@](O)(O2)C(=O)C(=O)N2CCCC[C@H]2C(=O)O[C@H]([C@H](C)C[C@@H]2CC[C@@H](OC(=O)C3(C)COC(C)(C)OC3)[C@H](O[Si](C)(C)C)C2)CC(=O)[C@H](C)/C=C(\C)[C@H](O[Si](C)(C)C)[C@@H](OC)C(=O)[C@H](C)C[C@H](C)/C=C/C=C/C=C/1C. The minimum absolute atomic E-state index is 0.0229. The van der Waals surface area contributed by atoms with Gasteiger partial charge in [-0.2, -0.15) is 0 Å². The largest absolute Gasteiger partial charge is 0.460 e. The van der Waals surface area contributed by atoms with Gasteiger partial charge in [-0.15, -0.1) is 0 Å². The second kappa shape index (κ2) is 29.9. The minimum atomic E-state index is -2.46. The van der Waals surface area contributed by atoms with Gasteiger partial charge in [0.05, 0.1) is 37.6 Å². The molecule has 1 saturated carbocycles. The molecular weight excluding hydrogens is 1090 g/mol. The molecule has 0 radical (unpaired) electrons. The van der Waals surface area contributed by atoms with Crippen LogP contribution in [0.25, 0.3) is 0 Å². The topological polar surface area (TPSA) is 209 Å². The fourth-order valence-electron chi connectivity index (χ4n) is 12.2. The molecule has 0 aromatic heterocycles. The number of ether oxygens (including phenoxy) is 7. The van der Waals surface area contributed by atoms with Crippen LogP contribution in [-0.4, -0.2) is 156 Å². The van der Waals surface area contributed by atoms with E-state index in [1.807, 2.05) is 97.6 Å². The van der Waals surface area contributed by atoms with Crippen LogP contribution in [0.15, 0.2) is 47.6 Å². The number of aliphatic hydroxyl groups is 1. The first kappa shape index (κ1) is 70.3. The van der Waals surface area contributed by atoms with Crippen molar-refractivity contribution in [2.75, 3.05) is 34.0 Å². The van der Waals surface area contributed by atoms with Crippen LogP contribution in [0.3, 0.4) is 0 Å². The van der Waals surface area contributed by atoms with Crippen molar-refractivity contribution in [3.8, 4) is 0 Å². The summed E-state index contributed by atoms with van der Waals surface area (Å²) in [5.74, 6) is -9.08. The number of hydrogen-bond donors (Lipinski definition) is 1. The molecule has 4 heterocycles. The van der Waals surface area contributed by atoms with Crippen molar-refractivity contribution in [1.29, 1.82) is 0 Å². The summed E-state index contributed by atoms with van der Waals surface area (Å²) in [6.45, 7) is 31.4. The van der Waals surface area contributed by atoms with Gasteiger partial charge in [0, 0.05) is 51.4 Å². The molecule has 470 valence electrons. The highest BCUT2D eigenvalue weighted by molar-refractivity contribution is 6.70. The molecule has 3 saturated heterocycles. The van der Waals surface area contributed by atoms with Crippen LogP contribution in [0.2, 0.25) is 39.3 Å². The molecule has 19 heteroatoms. The van der Waals surface area contributed by atoms with E-state index in [2.05, 4.69) is 26.6 Å². The zero-order valence-corrected chi connectivity index (χ0v) is 55.7. The number of esters is 2. The third-order valence-electron chi connectivity index (χ3n) is 17.3. The van der Waals surface area contributed by atoms with Gasteiger partial charge >= 0.3 is 11.9 Å². The van der Waals surface area contributed by atoms with Crippen LogP contribution in [0, 0.1) is 40.9 Å². The molecule has 2 bridgehead atoms. The van der Waals surface area contributed by atoms with Crippen LogP contribution in [0.1, 0.15) is 146 Å². The minimum Gasteiger partial charge on any atom is -0.460 e. The summed E-state index contributed by atoms with van der Waals surface area (Å²) in [7, 11) is -1.43. The van der Waals surface area contributed by atoms with E-state index in [4.69, 9.17) is 42.0 Å². The Kier molecular flexibility index (Phi) is 25.3. The lowest BCUT2D eigenvalue weighted by Crippen LogP contribution is -2.61. The predicted molar refractivity (Wildman–Crippen MR) is 323 cm³/mol. The molecule has 17 nitrogen and oxygen atoms in total. The normalized spacial score (nSPS) is 37.0. The van der Waals surface area contributed by atoms with Crippen molar-refractivity contribution in [3.05, 3.63) is 47.6 Å². The first-order valence-electron chi connectivity index (χ1n) is 30.7. The molecule has 0 unspecified atom stereocenters. The standard InChI is InChI=1S/C64H105NO16Si2/c1-40-24-20-19-21-25-41(2)52(73-11)36-48-29-27-46(7)64(72,79-48)58(68)59(69)65-31-23-22-26-49(65)60(70)77-53(37-50(66)42(3)33-45(6)56(81-83(16,17)18)57(74-12)55(67)44(5)32-40)43(4)34-47-28-30-51(54(35-47)80-82(13,14)15)78-61(71)63(10)38-75-62(8,9)76-39-63/h19-21,24-25,33,40,42-44,46-49,51-54,56-57,72H,22-23,26-32,34-39H2,1-18H3/b21-19+,24-20+,41-25+,45-33+/t40-,42-,43-,44-,46-,47+,48+,49+,51-,52+,53+,54-,56+,57+,64-/m1/s1. The molecule has 4 fully saturated rings. The number of hydrogen-bond acceptors (Lipinski definition) is 16. The van der Waals surface area contributed by atoms with E-state index in [0.717, 1.165) is 5.57 Å². The highest BCUT2D eigenvalue weighted by Gasteiger charge is 2.54. The number of piperidine rings is 1. The molecule has 5 aliphatic rings. The lowest BCUT2D eigenvalue weighted by molar-refractivity contribution is -0.283. The third-order valence-corrected chi connectivity index (χ3v) is 19.3. The van der Waals surface area contributed by atoms with Crippen LogP contribution < -0.4 is 0 Å². The Morgan fingerprint density at radius 2 is 1.45 bits per heavy atom. The first-order chi connectivity index (χ1) is 38.6. The average molecular weight is 1200 g/mol. The zero-order valence-electron chi connectivity index (χ0n) is 53.7. The highest BCUT2D eigenvalue weighted by atomic mass is 28.4. The van der Waals surface area contributed by atoms with Gasteiger partial charge in [0.25, 0.3) is 11.7 Å². The maximum Gasteiger partial charge on any atom is 0.329 e. The predicted octanol–water partition coefficient (Wildman–Crippen LogP) is 10.6. The van der Waals surface area contributed by atoms with Gasteiger partial charge in [-0.3, -0.25) is 24.0 Å². The third kappa shape index (κ3) is 19.8. The highest BCUT2D eigenvalue weighted by Crippen LogP contribution is 2.40. The van der Waals surface area contributed by atoms with Crippen LogP contribution >= 0.6 is 0 Å². The smallest absolute Gasteiger partial charge is 0.329 e. The second-order valence-corrected chi connectivity index (χ2v) is 36.6. The lowest BCUT2D eigenvalue weighted by atomic mass is 9.78. The van der Waals surface area contributed by atoms with Crippen LogP contribution in [-0.2, 0) is 70.8 Å². The summed E-state index contributed by atoms with van der Waals surface area (Å²) in [6.07, 6.45) is 12.1. The molecule has 0 aromatic carbocycles. The average Bonchev–Trinajstić information content (AvgIpc) is 2.33. The second-order valence-electron chi connectivity index (χ2n) is 27.7. The molecule has 0 aromatic rings. The van der Waals surface area contributed by atoms with Gasteiger partial charge in [-0.05, 0) is 167 Å². The fraction of sp³-hybridized carbons (Fsp3) is 0.781. The van der Waals surface area contributed by atoms with Gasteiger partial charge in [0.1, 0.15) is 35.6 Å². The van der Waals surface area contributed by atoms with E-state index >= 15 is 0 Å². The number of carbonyl (C=O) groups excluding carboxylic acids is 6. The summed E-state index contributed by atoms with van der Waals surface area (Å²) >= 11 is 0. The Morgan fingerprint density at radius 1 is 0.783 bits per heavy atom. The molecule has 1 amide bonds. The number of ketones is 3. The van der Waals surface area contributed by atoms with E-state index in [9.17, 15) is 33.9 Å². The van der Waals surface area contributed by atoms with Crippen molar-refractivity contribution in [3.63, 3.8) is 0 Å². The quantitative estimate of drug-likeness (QED) is 0.0883. The van der Waals surface area contributed by atoms with Crippen LogP contribution in [0.5, 0.6) is 0 Å². The monoisotopic (exact) mass is 1200 g/mol. The Labute approximate surface area is 498 Å². The Balaban J connectivity index is 1.51. The fourth-order valence-corrected chi connectivity index (χ4v) is 14.5. The number of nitrogens with zero attached hydrogens (tertiary/aromatic N) is 1. The molecule has 1 aliphatic carbocycles. The van der Waals surface area contributed by atoms with Crippen molar-refractivity contribution in [1.82, 2.24) is 4.90 Å². The van der Waals surface area contributed by atoms with Gasteiger partial charge in [0.15, 0.2) is 28.2 Å². The van der Waals surface area contributed by atoms with Gasteiger partial charge in [-0.25, -0.2) is 4.79 Å². The number of methoxy groups -OCH3 is 2. The van der Waals surface area contributed by atoms with E-state index in [0.29, 0.717) is 69.8 Å². The van der Waals surface area contributed by atoms with E-state index < -0.39 is 124 Å². The maximum atomic E-state index is 14.9. The molecule has 5 rings (SSSR count). The number of cyclic esters (lactones) is 1. The van der Waals surface area contributed by atoms with Gasteiger partial charge < -0.3 is 52.0 Å². The summed E-state index contributed by atoms with van der Waals surface area (Å²) in [4.78, 5) is 88.3. The molecule has 0 spiro atoms. The molecule has 83 heavy (non-hydrogen) atoms. The van der Waals surface area contributed by atoms with E-state index in [1.165, 1.54) is 12.0 Å². The van der Waals surface area contributed by atoms with Crippen molar-refractivity contribution in [2.45, 2.75) is 246 Å². The number of carbonyl (C=O) groups is 6. The summed E-state index contributed by atoms with van der Waals surface area (Å²) in [5.41, 5.74) is 0.556. The van der Waals surface area contributed by atoms with Crippen molar-refractivity contribution in [2.24, 2.45) is 40.9 Å². The number of amides is 1. The Bertz CT molecular complexity index is 2360. The summed E-state index contributed by atoms with van der Waals surface area (Å²) < 4.78 is 56.3.